The van der Waals surface area contributed by atoms with E-state index in [0.717, 1.165) is 15.5 Å². The van der Waals surface area contributed by atoms with Gasteiger partial charge in [0.15, 0.2) is 0 Å². The Labute approximate surface area is 104 Å². The van der Waals surface area contributed by atoms with Gasteiger partial charge in [0.05, 0.1) is 7.11 Å². The number of halogens is 1. The molecule has 0 saturated heterocycles. The third-order valence-corrected chi connectivity index (χ3v) is 3.13. The lowest BCUT2D eigenvalue weighted by atomic mass is 10.3. The summed E-state index contributed by atoms with van der Waals surface area (Å²) in [5.74, 6) is 0.453. The number of ether oxygens (including phenoxy) is 1. The Morgan fingerprint density at radius 3 is 2.65 bits per heavy atom. The van der Waals surface area contributed by atoms with E-state index in [0.29, 0.717) is 5.69 Å². The van der Waals surface area contributed by atoms with Gasteiger partial charge in [0.1, 0.15) is 11.6 Å². The van der Waals surface area contributed by atoms with Gasteiger partial charge in [0.2, 0.25) is 0 Å². The molecular formula is C13H12FNOS. The van der Waals surface area contributed by atoms with Crippen molar-refractivity contribution in [2.24, 2.45) is 0 Å². The minimum Gasteiger partial charge on any atom is -0.497 e. The highest BCUT2D eigenvalue weighted by Crippen LogP contribution is 2.31. The van der Waals surface area contributed by atoms with Crippen LogP contribution in [-0.4, -0.2) is 7.11 Å². The second-order valence-corrected chi connectivity index (χ2v) is 4.65. The number of hydrogen-bond donors (Lipinski definition) is 1. The first-order valence-corrected chi connectivity index (χ1v) is 5.87. The molecule has 2 aromatic rings. The molecule has 0 spiro atoms. The van der Waals surface area contributed by atoms with Crippen LogP contribution >= 0.6 is 11.8 Å². The van der Waals surface area contributed by atoms with Crippen LogP contribution in [0.5, 0.6) is 5.75 Å². The summed E-state index contributed by atoms with van der Waals surface area (Å²) in [5, 5.41) is 0. The zero-order valence-electron chi connectivity index (χ0n) is 9.31. The molecule has 0 fully saturated rings. The Hall–Kier alpha value is -1.68. The van der Waals surface area contributed by atoms with Crippen molar-refractivity contribution in [3.05, 3.63) is 48.3 Å². The van der Waals surface area contributed by atoms with Crippen molar-refractivity contribution in [3.63, 3.8) is 0 Å². The van der Waals surface area contributed by atoms with Gasteiger partial charge in [-0.15, -0.1) is 0 Å². The Morgan fingerprint density at radius 2 is 1.94 bits per heavy atom. The van der Waals surface area contributed by atoms with Gasteiger partial charge in [-0.2, -0.15) is 0 Å². The molecule has 2 rings (SSSR count). The second kappa shape index (κ2) is 5.10. The van der Waals surface area contributed by atoms with E-state index in [1.807, 2.05) is 24.3 Å². The van der Waals surface area contributed by atoms with Crippen LogP contribution in [0.25, 0.3) is 0 Å². The highest BCUT2D eigenvalue weighted by Gasteiger charge is 2.02. The molecule has 0 atom stereocenters. The Kier molecular flexibility index (Phi) is 3.54. The number of methoxy groups -OCH3 is 1. The molecule has 17 heavy (non-hydrogen) atoms. The van der Waals surface area contributed by atoms with Gasteiger partial charge in [-0.3, -0.25) is 0 Å². The number of hydrogen-bond acceptors (Lipinski definition) is 3. The van der Waals surface area contributed by atoms with E-state index >= 15 is 0 Å². The number of anilines is 1. The van der Waals surface area contributed by atoms with Crippen molar-refractivity contribution >= 4 is 17.4 Å². The standard InChI is InChI=1S/C13H12FNOS/c1-16-11-3-2-4-12(8-11)17-13-6-9(14)5-10(15)7-13/h2-8H,15H2,1H3. The summed E-state index contributed by atoms with van der Waals surface area (Å²) < 4.78 is 18.3. The molecule has 0 saturated carbocycles. The van der Waals surface area contributed by atoms with E-state index in [-0.39, 0.29) is 5.82 Å². The largest absolute Gasteiger partial charge is 0.497 e. The lowest BCUT2D eigenvalue weighted by molar-refractivity contribution is 0.413. The zero-order valence-corrected chi connectivity index (χ0v) is 10.1. The maximum absolute atomic E-state index is 13.2. The molecule has 0 amide bonds. The summed E-state index contributed by atoms with van der Waals surface area (Å²) in [6, 6.07) is 12.1. The van der Waals surface area contributed by atoms with Crippen LogP contribution in [0, 0.1) is 5.82 Å². The van der Waals surface area contributed by atoms with Gasteiger partial charge in [-0.05, 0) is 36.4 Å². The van der Waals surface area contributed by atoms with E-state index in [2.05, 4.69) is 0 Å². The van der Waals surface area contributed by atoms with E-state index in [4.69, 9.17) is 10.5 Å². The average Bonchev–Trinajstić information content (AvgIpc) is 2.28. The number of benzene rings is 2. The van der Waals surface area contributed by atoms with Crippen LogP contribution in [0.4, 0.5) is 10.1 Å². The monoisotopic (exact) mass is 249 g/mol. The lowest BCUT2D eigenvalue weighted by Crippen LogP contribution is -1.87. The van der Waals surface area contributed by atoms with Crippen LogP contribution in [-0.2, 0) is 0 Å². The molecule has 0 unspecified atom stereocenters. The first-order chi connectivity index (χ1) is 8.17. The predicted molar refractivity (Wildman–Crippen MR) is 67.9 cm³/mol. The minimum atomic E-state index is -0.324. The highest BCUT2D eigenvalue weighted by molar-refractivity contribution is 7.99. The molecule has 0 aromatic heterocycles. The SMILES string of the molecule is COc1cccc(Sc2cc(N)cc(F)c2)c1. The predicted octanol–water partition coefficient (Wildman–Crippen LogP) is 3.57. The maximum Gasteiger partial charge on any atom is 0.126 e. The van der Waals surface area contributed by atoms with Crippen LogP contribution in [0.15, 0.2) is 52.3 Å². The zero-order chi connectivity index (χ0) is 12.3. The van der Waals surface area contributed by atoms with E-state index in [1.54, 1.807) is 13.2 Å². The molecular weight excluding hydrogens is 237 g/mol. The summed E-state index contributed by atoms with van der Waals surface area (Å²) in [7, 11) is 1.62. The summed E-state index contributed by atoms with van der Waals surface area (Å²) >= 11 is 1.45. The summed E-state index contributed by atoms with van der Waals surface area (Å²) in [4.78, 5) is 1.75. The minimum absolute atomic E-state index is 0.324. The van der Waals surface area contributed by atoms with Gasteiger partial charge in [-0.1, -0.05) is 17.8 Å². The van der Waals surface area contributed by atoms with Crippen molar-refractivity contribution < 1.29 is 9.13 Å². The lowest BCUT2D eigenvalue weighted by Gasteiger charge is -2.05. The Bertz CT molecular complexity index is 510. The third kappa shape index (κ3) is 3.14. The Balaban J connectivity index is 2.24. The molecule has 0 radical (unpaired) electrons. The summed E-state index contributed by atoms with van der Waals surface area (Å²) in [5.41, 5.74) is 6.02. The van der Waals surface area contributed by atoms with Gasteiger partial charge < -0.3 is 10.5 Å². The van der Waals surface area contributed by atoms with Crippen LogP contribution in [0.1, 0.15) is 0 Å². The van der Waals surface area contributed by atoms with Crippen molar-refractivity contribution in [2.75, 3.05) is 12.8 Å². The fourth-order valence-electron chi connectivity index (χ4n) is 1.44. The van der Waals surface area contributed by atoms with Gasteiger partial charge in [0.25, 0.3) is 0 Å². The topological polar surface area (TPSA) is 35.2 Å². The molecule has 0 bridgehead atoms. The normalized spacial score (nSPS) is 10.2. The summed E-state index contributed by atoms with van der Waals surface area (Å²) in [6.07, 6.45) is 0. The van der Waals surface area contributed by atoms with E-state index in [9.17, 15) is 4.39 Å². The van der Waals surface area contributed by atoms with Crippen LogP contribution in [0.3, 0.4) is 0 Å². The molecule has 2 nitrogen and oxygen atoms in total. The molecule has 4 heteroatoms. The van der Waals surface area contributed by atoms with Crippen LogP contribution < -0.4 is 10.5 Å². The fraction of sp³-hybridized carbons (Fsp3) is 0.0769. The fourth-order valence-corrected chi connectivity index (χ4v) is 2.40. The van der Waals surface area contributed by atoms with Crippen molar-refractivity contribution in [1.29, 1.82) is 0 Å². The second-order valence-electron chi connectivity index (χ2n) is 3.50. The van der Waals surface area contributed by atoms with Crippen molar-refractivity contribution in [3.8, 4) is 5.75 Å². The van der Waals surface area contributed by atoms with E-state index in [1.165, 1.54) is 23.9 Å². The molecule has 0 aliphatic rings. The molecule has 0 aliphatic heterocycles. The maximum atomic E-state index is 13.2. The average molecular weight is 249 g/mol. The molecule has 0 heterocycles. The first kappa shape index (κ1) is 11.8. The van der Waals surface area contributed by atoms with Crippen molar-refractivity contribution in [1.82, 2.24) is 0 Å². The van der Waals surface area contributed by atoms with Gasteiger partial charge in [-0.25, -0.2) is 4.39 Å². The highest BCUT2D eigenvalue weighted by atomic mass is 32.2. The number of nitrogen functional groups attached to an aromatic ring is 1. The van der Waals surface area contributed by atoms with Crippen molar-refractivity contribution in [2.45, 2.75) is 9.79 Å². The summed E-state index contributed by atoms with van der Waals surface area (Å²) in [6.45, 7) is 0. The van der Waals surface area contributed by atoms with Crippen LogP contribution in [0.2, 0.25) is 0 Å². The van der Waals surface area contributed by atoms with Gasteiger partial charge in [0, 0.05) is 15.5 Å². The third-order valence-electron chi connectivity index (χ3n) is 2.17. The molecule has 2 aromatic carbocycles. The molecule has 0 aliphatic carbocycles. The smallest absolute Gasteiger partial charge is 0.126 e. The number of nitrogens with two attached hydrogens (primary N) is 1. The quantitative estimate of drug-likeness (QED) is 0.845. The molecule has 88 valence electrons. The number of rotatable bonds is 3. The Morgan fingerprint density at radius 1 is 1.12 bits per heavy atom. The molecule has 2 N–H and O–H groups in total. The van der Waals surface area contributed by atoms with E-state index < -0.39 is 0 Å². The first-order valence-electron chi connectivity index (χ1n) is 5.05. The van der Waals surface area contributed by atoms with Gasteiger partial charge >= 0.3 is 0 Å².